The number of aryl methyl sites for hydroxylation is 1. The Morgan fingerprint density at radius 3 is 2.91 bits per heavy atom. The molecular weight excluding hydrogens is 138 g/mol. The highest BCUT2D eigenvalue weighted by Gasteiger charge is 1.97. The van der Waals surface area contributed by atoms with Crippen molar-refractivity contribution >= 4 is 0 Å². The Morgan fingerprint density at radius 1 is 1.55 bits per heavy atom. The van der Waals surface area contributed by atoms with E-state index < -0.39 is 0 Å². The fourth-order valence-electron chi connectivity index (χ4n) is 1.03. The molecule has 0 fully saturated rings. The lowest BCUT2D eigenvalue weighted by atomic mass is 10.1. The Bertz CT molecular complexity index is 179. The predicted molar refractivity (Wildman–Crippen MR) is 44.2 cm³/mol. The number of nitrogens with zero attached hydrogens (tertiary/aromatic N) is 2. The first-order valence-electron chi connectivity index (χ1n) is 4.13. The lowest BCUT2D eigenvalue weighted by molar-refractivity contribution is 0.550. The second kappa shape index (κ2) is 4.11. The van der Waals surface area contributed by atoms with Gasteiger partial charge in [0.1, 0.15) is 12.2 Å². The van der Waals surface area contributed by atoms with Gasteiger partial charge in [-0.05, 0) is 12.3 Å². The van der Waals surface area contributed by atoms with Gasteiger partial charge in [-0.1, -0.05) is 20.3 Å². The SMILES string of the molecule is CC(C)CCCc1ncn[nH]1. The Hall–Kier alpha value is -0.860. The molecule has 11 heavy (non-hydrogen) atoms. The summed E-state index contributed by atoms with van der Waals surface area (Å²) in [5, 5.41) is 6.63. The van der Waals surface area contributed by atoms with Gasteiger partial charge in [0.2, 0.25) is 0 Å². The van der Waals surface area contributed by atoms with Gasteiger partial charge >= 0.3 is 0 Å². The molecule has 0 aliphatic heterocycles. The fraction of sp³-hybridized carbons (Fsp3) is 0.750. The quantitative estimate of drug-likeness (QED) is 0.716. The van der Waals surface area contributed by atoms with Crippen LogP contribution in [0.1, 0.15) is 32.5 Å². The van der Waals surface area contributed by atoms with Crippen LogP contribution in [0.5, 0.6) is 0 Å². The number of nitrogens with one attached hydrogen (secondary N) is 1. The molecule has 0 amide bonds. The highest BCUT2D eigenvalue weighted by atomic mass is 15.2. The van der Waals surface area contributed by atoms with Crippen molar-refractivity contribution in [3.05, 3.63) is 12.2 Å². The summed E-state index contributed by atoms with van der Waals surface area (Å²) in [5.74, 6) is 1.79. The minimum absolute atomic E-state index is 0.790. The lowest BCUT2D eigenvalue weighted by Gasteiger charge is -2.00. The summed E-state index contributed by atoms with van der Waals surface area (Å²) in [5.41, 5.74) is 0. The molecule has 0 unspecified atom stereocenters. The van der Waals surface area contributed by atoms with Gasteiger partial charge in [-0.25, -0.2) is 4.98 Å². The molecule has 3 heteroatoms. The monoisotopic (exact) mass is 153 g/mol. The summed E-state index contributed by atoms with van der Waals surface area (Å²) >= 11 is 0. The van der Waals surface area contributed by atoms with Crippen molar-refractivity contribution < 1.29 is 0 Å². The van der Waals surface area contributed by atoms with E-state index in [9.17, 15) is 0 Å². The number of aromatic amines is 1. The fourth-order valence-corrected chi connectivity index (χ4v) is 1.03. The van der Waals surface area contributed by atoms with Crippen LogP contribution in [0.25, 0.3) is 0 Å². The summed E-state index contributed by atoms with van der Waals surface area (Å²) in [6, 6.07) is 0. The molecule has 1 aromatic rings. The van der Waals surface area contributed by atoms with Crippen LogP contribution in [-0.4, -0.2) is 15.2 Å². The molecule has 3 nitrogen and oxygen atoms in total. The van der Waals surface area contributed by atoms with Crippen molar-refractivity contribution in [3.63, 3.8) is 0 Å². The van der Waals surface area contributed by atoms with Crippen LogP contribution >= 0.6 is 0 Å². The zero-order chi connectivity index (χ0) is 8.10. The molecule has 0 saturated carbocycles. The van der Waals surface area contributed by atoms with Crippen LogP contribution in [-0.2, 0) is 6.42 Å². The standard InChI is InChI=1S/C8H15N3/c1-7(2)4-3-5-8-9-6-10-11-8/h6-7H,3-5H2,1-2H3,(H,9,10,11). The number of hydrogen-bond donors (Lipinski definition) is 1. The van der Waals surface area contributed by atoms with Crippen molar-refractivity contribution in [3.8, 4) is 0 Å². The molecule has 0 saturated heterocycles. The van der Waals surface area contributed by atoms with E-state index >= 15 is 0 Å². The highest BCUT2D eigenvalue weighted by Crippen LogP contribution is 2.05. The molecule has 0 atom stereocenters. The summed E-state index contributed by atoms with van der Waals surface area (Å²) < 4.78 is 0. The average molecular weight is 153 g/mol. The Labute approximate surface area is 67.2 Å². The molecule has 1 N–H and O–H groups in total. The second-order valence-corrected chi connectivity index (χ2v) is 3.22. The van der Waals surface area contributed by atoms with Gasteiger partial charge in [0.25, 0.3) is 0 Å². The van der Waals surface area contributed by atoms with Crippen molar-refractivity contribution in [2.45, 2.75) is 33.1 Å². The third kappa shape index (κ3) is 3.16. The van der Waals surface area contributed by atoms with E-state index in [-0.39, 0.29) is 0 Å². The molecule has 0 radical (unpaired) electrons. The molecule has 0 aliphatic rings. The topological polar surface area (TPSA) is 41.6 Å². The minimum Gasteiger partial charge on any atom is -0.263 e. The number of hydrogen-bond acceptors (Lipinski definition) is 2. The van der Waals surface area contributed by atoms with Crippen LogP contribution < -0.4 is 0 Å². The molecule has 0 spiro atoms. The van der Waals surface area contributed by atoms with Gasteiger partial charge < -0.3 is 0 Å². The van der Waals surface area contributed by atoms with E-state index in [1.54, 1.807) is 6.33 Å². The Balaban J connectivity index is 2.14. The van der Waals surface area contributed by atoms with E-state index in [0.29, 0.717) is 0 Å². The first-order valence-corrected chi connectivity index (χ1v) is 4.13. The maximum atomic E-state index is 4.05. The van der Waals surface area contributed by atoms with E-state index in [4.69, 9.17) is 0 Å². The van der Waals surface area contributed by atoms with E-state index in [1.165, 1.54) is 12.8 Å². The largest absolute Gasteiger partial charge is 0.263 e. The Morgan fingerprint density at radius 2 is 2.36 bits per heavy atom. The zero-order valence-electron chi connectivity index (χ0n) is 7.17. The second-order valence-electron chi connectivity index (χ2n) is 3.22. The summed E-state index contributed by atoms with van der Waals surface area (Å²) in [4.78, 5) is 4.05. The van der Waals surface area contributed by atoms with Crippen LogP contribution in [0.2, 0.25) is 0 Å². The molecule has 0 aliphatic carbocycles. The van der Waals surface area contributed by atoms with Gasteiger partial charge in [-0.15, -0.1) is 0 Å². The highest BCUT2D eigenvalue weighted by molar-refractivity contribution is 4.79. The summed E-state index contributed by atoms with van der Waals surface area (Å²) in [6.45, 7) is 4.47. The zero-order valence-corrected chi connectivity index (χ0v) is 7.17. The molecular formula is C8H15N3. The molecule has 1 rings (SSSR count). The molecule has 1 aromatic heterocycles. The lowest BCUT2D eigenvalue weighted by Crippen LogP contribution is -1.92. The average Bonchev–Trinajstić information content (AvgIpc) is 2.39. The van der Waals surface area contributed by atoms with Gasteiger partial charge in [0.05, 0.1) is 0 Å². The van der Waals surface area contributed by atoms with E-state index in [0.717, 1.165) is 18.2 Å². The van der Waals surface area contributed by atoms with Crippen molar-refractivity contribution in [1.82, 2.24) is 15.2 Å². The predicted octanol–water partition coefficient (Wildman–Crippen LogP) is 1.78. The van der Waals surface area contributed by atoms with Gasteiger partial charge in [-0.3, -0.25) is 5.10 Å². The maximum absolute atomic E-state index is 4.05. The molecule has 62 valence electrons. The van der Waals surface area contributed by atoms with Crippen molar-refractivity contribution in [2.75, 3.05) is 0 Å². The van der Waals surface area contributed by atoms with Crippen LogP contribution in [0, 0.1) is 5.92 Å². The Kier molecular flexibility index (Phi) is 3.08. The first kappa shape index (κ1) is 8.24. The van der Waals surface area contributed by atoms with E-state index in [1.807, 2.05) is 0 Å². The maximum Gasteiger partial charge on any atom is 0.137 e. The van der Waals surface area contributed by atoms with Gasteiger partial charge in [0.15, 0.2) is 0 Å². The molecule has 0 bridgehead atoms. The van der Waals surface area contributed by atoms with Gasteiger partial charge in [-0.2, -0.15) is 5.10 Å². The smallest absolute Gasteiger partial charge is 0.137 e. The van der Waals surface area contributed by atoms with Crippen LogP contribution in [0.15, 0.2) is 6.33 Å². The summed E-state index contributed by atoms with van der Waals surface area (Å²) in [6.07, 6.45) is 5.05. The third-order valence-corrected chi connectivity index (χ3v) is 1.66. The summed E-state index contributed by atoms with van der Waals surface area (Å²) in [7, 11) is 0. The molecule has 0 aromatic carbocycles. The third-order valence-electron chi connectivity index (χ3n) is 1.66. The number of rotatable bonds is 4. The van der Waals surface area contributed by atoms with E-state index in [2.05, 4.69) is 29.0 Å². The molecule has 1 heterocycles. The number of H-pyrrole nitrogens is 1. The van der Waals surface area contributed by atoms with Crippen LogP contribution in [0.4, 0.5) is 0 Å². The van der Waals surface area contributed by atoms with Crippen molar-refractivity contribution in [1.29, 1.82) is 0 Å². The van der Waals surface area contributed by atoms with Crippen molar-refractivity contribution in [2.24, 2.45) is 5.92 Å². The normalized spacial score (nSPS) is 10.8. The number of aromatic nitrogens is 3. The first-order chi connectivity index (χ1) is 5.29. The van der Waals surface area contributed by atoms with Crippen LogP contribution in [0.3, 0.4) is 0 Å². The minimum atomic E-state index is 0.790. The van der Waals surface area contributed by atoms with Gasteiger partial charge in [0, 0.05) is 6.42 Å².